The Labute approximate surface area is 118 Å². The van der Waals surface area contributed by atoms with E-state index in [2.05, 4.69) is 10.4 Å². The van der Waals surface area contributed by atoms with Gasteiger partial charge in [0.25, 0.3) is 0 Å². The van der Waals surface area contributed by atoms with Crippen molar-refractivity contribution in [1.82, 2.24) is 20.0 Å². The van der Waals surface area contributed by atoms with Crippen molar-refractivity contribution in [2.75, 3.05) is 6.54 Å². The van der Waals surface area contributed by atoms with Gasteiger partial charge in [-0.3, -0.25) is 4.68 Å². The Bertz CT molecular complexity index is 507. The minimum atomic E-state index is -0.0939. The Morgan fingerprint density at radius 3 is 3.00 bits per heavy atom. The van der Waals surface area contributed by atoms with E-state index in [0.717, 1.165) is 5.76 Å². The van der Waals surface area contributed by atoms with Crippen molar-refractivity contribution in [3.63, 3.8) is 0 Å². The second-order valence-corrected chi connectivity index (χ2v) is 4.67. The quantitative estimate of drug-likeness (QED) is 0.878. The number of furan rings is 1. The van der Waals surface area contributed by atoms with E-state index in [9.17, 15) is 4.79 Å². The summed E-state index contributed by atoms with van der Waals surface area (Å²) in [6, 6.07) is 5.46. The number of aromatic nitrogens is 2. The van der Waals surface area contributed by atoms with Gasteiger partial charge in [-0.05, 0) is 32.0 Å². The van der Waals surface area contributed by atoms with Gasteiger partial charge in [-0.15, -0.1) is 0 Å². The summed E-state index contributed by atoms with van der Waals surface area (Å²) in [5.41, 5.74) is 0. The van der Waals surface area contributed by atoms with Crippen LogP contribution in [-0.4, -0.2) is 33.3 Å². The summed E-state index contributed by atoms with van der Waals surface area (Å²) in [6.07, 6.45) is 5.22. The van der Waals surface area contributed by atoms with Crippen LogP contribution in [0.1, 0.15) is 19.6 Å². The van der Waals surface area contributed by atoms with Crippen LogP contribution in [0.5, 0.6) is 0 Å². The number of urea groups is 1. The Morgan fingerprint density at radius 2 is 2.40 bits per heavy atom. The van der Waals surface area contributed by atoms with Crippen LogP contribution in [0, 0.1) is 0 Å². The molecule has 0 saturated heterocycles. The minimum Gasteiger partial charge on any atom is -0.467 e. The zero-order chi connectivity index (χ0) is 14.4. The standard InChI is InChI=1S/C14H20N4O2/c1-3-17(11-13-6-4-9-20-13)14(19)16-12(2)10-18-8-5-7-15-18/h4-9,12H,3,10-11H2,1-2H3,(H,16,19)/t12-/m0/s1. The number of nitrogens with one attached hydrogen (secondary N) is 1. The number of rotatable bonds is 6. The second-order valence-electron chi connectivity index (χ2n) is 4.67. The third kappa shape index (κ3) is 3.88. The molecule has 2 amide bonds. The number of hydrogen-bond donors (Lipinski definition) is 1. The molecule has 0 bridgehead atoms. The van der Waals surface area contributed by atoms with E-state index in [-0.39, 0.29) is 12.1 Å². The van der Waals surface area contributed by atoms with E-state index in [1.807, 2.05) is 38.2 Å². The van der Waals surface area contributed by atoms with Crippen molar-refractivity contribution in [3.8, 4) is 0 Å². The van der Waals surface area contributed by atoms with Gasteiger partial charge < -0.3 is 14.6 Å². The van der Waals surface area contributed by atoms with Gasteiger partial charge >= 0.3 is 6.03 Å². The van der Waals surface area contributed by atoms with Crippen LogP contribution >= 0.6 is 0 Å². The first kappa shape index (κ1) is 14.2. The van der Waals surface area contributed by atoms with E-state index in [4.69, 9.17) is 4.42 Å². The zero-order valence-corrected chi connectivity index (χ0v) is 11.8. The Morgan fingerprint density at radius 1 is 1.55 bits per heavy atom. The van der Waals surface area contributed by atoms with E-state index >= 15 is 0 Å². The number of carbonyl (C=O) groups excluding carboxylic acids is 1. The molecule has 0 fully saturated rings. The van der Waals surface area contributed by atoms with Gasteiger partial charge in [-0.25, -0.2) is 4.79 Å². The lowest BCUT2D eigenvalue weighted by atomic mass is 10.3. The van der Waals surface area contributed by atoms with Gasteiger partial charge in [-0.2, -0.15) is 5.10 Å². The molecule has 6 heteroatoms. The van der Waals surface area contributed by atoms with E-state index < -0.39 is 0 Å². The van der Waals surface area contributed by atoms with Crippen LogP contribution in [-0.2, 0) is 13.1 Å². The molecule has 1 N–H and O–H groups in total. The first-order valence-electron chi connectivity index (χ1n) is 6.74. The lowest BCUT2D eigenvalue weighted by Crippen LogP contribution is -2.44. The largest absolute Gasteiger partial charge is 0.467 e. The first-order valence-corrected chi connectivity index (χ1v) is 6.74. The van der Waals surface area contributed by atoms with E-state index in [1.54, 1.807) is 22.0 Å². The smallest absolute Gasteiger partial charge is 0.318 e. The first-order chi connectivity index (χ1) is 9.69. The molecule has 0 saturated carbocycles. The predicted octanol–water partition coefficient (Wildman–Crippen LogP) is 2.10. The highest BCUT2D eigenvalue weighted by Crippen LogP contribution is 2.05. The summed E-state index contributed by atoms with van der Waals surface area (Å²) in [6.45, 7) is 5.66. The molecule has 0 aliphatic rings. The zero-order valence-electron chi connectivity index (χ0n) is 11.8. The topological polar surface area (TPSA) is 63.3 Å². The van der Waals surface area contributed by atoms with Crippen LogP contribution in [0.25, 0.3) is 0 Å². The molecule has 2 heterocycles. The van der Waals surface area contributed by atoms with Gasteiger partial charge in [0.05, 0.1) is 19.4 Å². The van der Waals surface area contributed by atoms with Gasteiger partial charge in [0.1, 0.15) is 5.76 Å². The molecule has 1 atom stereocenters. The highest BCUT2D eigenvalue weighted by molar-refractivity contribution is 5.74. The lowest BCUT2D eigenvalue weighted by molar-refractivity contribution is 0.189. The van der Waals surface area contributed by atoms with E-state index in [0.29, 0.717) is 19.6 Å². The number of carbonyl (C=O) groups is 1. The van der Waals surface area contributed by atoms with Crippen LogP contribution < -0.4 is 5.32 Å². The summed E-state index contributed by atoms with van der Waals surface area (Å²) in [7, 11) is 0. The summed E-state index contributed by atoms with van der Waals surface area (Å²) < 4.78 is 7.07. The third-order valence-corrected chi connectivity index (χ3v) is 2.99. The fourth-order valence-electron chi connectivity index (χ4n) is 1.95. The molecule has 20 heavy (non-hydrogen) atoms. The van der Waals surface area contributed by atoms with Crippen molar-refractivity contribution in [2.24, 2.45) is 0 Å². The second kappa shape index (κ2) is 6.79. The number of nitrogens with zero attached hydrogens (tertiary/aromatic N) is 3. The number of hydrogen-bond acceptors (Lipinski definition) is 3. The molecule has 2 rings (SSSR count). The highest BCUT2D eigenvalue weighted by atomic mass is 16.3. The van der Waals surface area contributed by atoms with Gasteiger partial charge in [-0.1, -0.05) is 0 Å². The molecule has 0 aliphatic carbocycles. The normalized spacial score (nSPS) is 12.1. The molecule has 0 aromatic carbocycles. The maximum atomic E-state index is 12.2. The predicted molar refractivity (Wildman–Crippen MR) is 75.0 cm³/mol. The van der Waals surface area contributed by atoms with Gasteiger partial charge in [0.2, 0.25) is 0 Å². The summed E-state index contributed by atoms with van der Waals surface area (Å²) >= 11 is 0. The maximum Gasteiger partial charge on any atom is 0.318 e. The highest BCUT2D eigenvalue weighted by Gasteiger charge is 2.15. The lowest BCUT2D eigenvalue weighted by Gasteiger charge is -2.23. The fraction of sp³-hybridized carbons (Fsp3) is 0.429. The molecule has 2 aromatic heterocycles. The van der Waals surface area contributed by atoms with Crippen LogP contribution in [0.15, 0.2) is 41.3 Å². The van der Waals surface area contributed by atoms with Crippen molar-refractivity contribution in [3.05, 3.63) is 42.6 Å². The molecule has 108 valence electrons. The van der Waals surface area contributed by atoms with Crippen LogP contribution in [0.3, 0.4) is 0 Å². The minimum absolute atomic E-state index is 0.00745. The van der Waals surface area contributed by atoms with Crippen LogP contribution in [0.4, 0.5) is 4.79 Å². The molecule has 6 nitrogen and oxygen atoms in total. The molecule has 0 radical (unpaired) electrons. The van der Waals surface area contributed by atoms with Crippen molar-refractivity contribution < 1.29 is 9.21 Å². The Hall–Kier alpha value is -2.24. The molecule has 0 spiro atoms. The summed E-state index contributed by atoms with van der Waals surface area (Å²) in [4.78, 5) is 13.9. The molecular formula is C14H20N4O2. The van der Waals surface area contributed by atoms with Gasteiger partial charge in [0, 0.05) is 25.0 Å². The molecular weight excluding hydrogens is 256 g/mol. The third-order valence-electron chi connectivity index (χ3n) is 2.99. The molecule has 0 aliphatic heterocycles. The average molecular weight is 276 g/mol. The maximum absolute atomic E-state index is 12.2. The summed E-state index contributed by atoms with van der Waals surface area (Å²) in [5, 5.41) is 7.09. The Balaban J connectivity index is 1.85. The van der Waals surface area contributed by atoms with Gasteiger partial charge in [0.15, 0.2) is 0 Å². The van der Waals surface area contributed by atoms with Crippen LogP contribution in [0.2, 0.25) is 0 Å². The SMILES string of the molecule is CCN(Cc1ccco1)C(=O)N[C@@H](C)Cn1cccn1. The monoisotopic (exact) mass is 276 g/mol. The van der Waals surface area contributed by atoms with Crippen molar-refractivity contribution >= 4 is 6.03 Å². The molecule has 2 aromatic rings. The number of amides is 2. The molecule has 0 unspecified atom stereocenters. The Kier molecular flexibility index (Phi) is 4.81. The fourth-order valence-corrected chi connectivity index (χ4v) is 1.95. The van der Waals surface area contributed by atoms with Crippen molar-refractivity contribution in [2.45, 2.75) is 33.0 Å². The summed E-state index contributed by atoms with van der Waals surface area (Å²) in [5.74, 6) is 0.779. The van der Waals surface area contributed by atoms with Crippen molar-refractivity contribution in [1.29, 1.82) is 0 Å². The average Bonchev–Trinajstić information content (AvgIpc) is 3.08. The van der Waals surface area contributed by atoms with E-state index in [1.165, 1.54) is 0 Å².